The van der Waals surface area contributed by atoms with Gasteiger partial charge in [0.05, 0.1) is 12.5 Å². The molecule has 1 saturated heterocycles. The number of aliphatic carboxylic acids is 1. The largest absolute Gasteiger partial charge is 0.480 e. The van der Waals surface area contributed by atoms with Crippen LogP contribution in [0.2, 0.25) is 0 Å². The molecule has 1 heterocycles. The number of carbonyl (C=O) groups is 4. The Morgan fingerprint density at radius 3 is 2.20 bits per heavy atom. The second kappa shape index (κ2) is 10.2. The van der Waals surface area contributed by atoms with Gasteiger partial charge in [-0.1, -0.05) is 55.5 Å². The standard InChI is InChI=1S/C26H29N3O6/c1-16(24(31)28-11-12-29(23(30)14-28)17(2)25(32)33)13-27-26(34)35-15-22-20-9-5-3-7-18(20)19-8-4-6-10-21(19)22/h3-10,16-17,22H,11-15H2,1-2H3,(H,27,34)(H,32,33). The smallest absolute Gasteiger partial charge is 0.407 e. The number of nitrogens with zero attached hydrogens (tertiary/aromatic N) is 2. The monoisotopic (exact) mass is 479 g/mol. The molecule has 9 nitrogen and oxygen atoms in total. The fourth-order valence-corrected chi connectivity index (χ4v) is 4.70. The van der Waals surface area contributed by atoms with Crippen molar-refractivity contribution in [3.8, 4) is 11.1 Å². The molecule has 0 saturated carbocycles. The lowest BCUT2D eigenvalue weighted by atomic mass is 9.98. The third-order valence-corrected chi connectivity index (χ3v) is 6.71. The average molecular weight is 480 g/mol. The number of fused-ring (bicyclic) bond motifs is 3. The number of ether oxygens (including phenoxy) is 1. The van der Waals surface area contributed by atoms with Crippen molar-refractivity contribution in [2.45, 2.75) is 25.8 Å². The summed E-state index contributed by atoms with van der Waals surface area (Å²) >= 11 is 0. The molecule has 2 N–H and O–H groups in total. The van der Waals surface area contributed by atoms with E-state index in [1.54, 1.807) is 6.92 Å². The van der Waals surface area contributed by atoms with Gasteiger partial charge >= 0.3 is 12.1 Å². The van der Waals surface area contributed by atoms with E-state index in [0.717, 1.165) is 22.3 Å². The minimum Gasteiger partial charge on any atom is -0.480 e. The minimum absolute atomic E-state index is 0.0530. The molecule has 0 bridgehead atoms. The number of carboxylic acids is 1. The van der Waals surface area contributed by atoms with Gasteiger partial charge < -0.3 is 25.0 Å². The third-order valence-electron chi connectivity index (χ3n) is 6.71. The Morgan fingerprint density at radius 2 is 1.63 bits per heavy atom. The van der Waals surface area contributed by atoms with E-state index in [1.807, 2.05) is 36.4 Å². The molecule has 35 heavy (non-hydrogen) atoms. The van der Waals surface area contributed by atoms with Gasteiger partial charge in [-0.25, -0.2) is 9.59 Å². The quantitative estimate of drug-likeness (QED) is 0.630. The molecule has 1 fully saturated rings. The van der Waals surface area contributed by atoms with Gasteiger partial charge in [-0.15, -0.1) is 0 Å². The highest BCUT2D eigenvalue weighted by atomic mass is 16.5. The fourth-order valence-electron chi connectivity index (χ4n) is 4.70. The van der Waals surface area contributed by atoms with Crippen molar-refractivity contribution in [3.63, 3.8) is 0 Å². The summed E-state index contributed by atoms with van der Waals surface area (Å²) in [6, 6.07) is 15.2. The van der Waals surface area contributed by atoms with Gasteiger partial charge in [0.25, 0.3) is 0 Å². The number of hydrogen-bond acceptors (Lipinski definition) is 5. The zero-order valence-electron chi connectivity index (χ0n) is 19.8. The second-order valence-corrected chi connectivity index (χ2v) is 8.97. The number of nitrogens with one attached hydrogen (secondary N) is 1. The highest BCUT2D eigenvalue weighted by Gasteiger charge is 2.34. The summed E-state index contributed by atoms with van der Waals surface area (Å²) in [6.07, 6.45) is -0.609. The number of rotatable bonds is 7. The number of carboxylic acid groups (broad SMARTS) is 1. The van der Waals surface area contributed by atoms with Crippen LogP contribution in [0.15, 0.2) is 48.5 Å². The zero-order valence-corrected chi connectivity index (χ0v) is 19.8. The van der Waals surface area contributed by atoms with Crippen molar-refractivity contribution in [1.29, 1.82) is 0 Å². The first-order valence-corrected chi connectivity index (χ1v) is 11.7. The predicted octanol–water partition coefficient (Wildman–Crippen LogP) is 2.31. The fraction of sp³-hybridized carbons (Fsp3) is 0.385. The van der Waals surface area contributed by atoms with Gasteiger partial charge in [0.2, 0.25) is 11.8 Å². The molecule has 1 aliphatic carbocycles. The molecule has 184 valence electrons. The molecule has 2 atom stereocenters. The van der Waals surface area contributed by atoms with E-state index in [0.29, 0.717) is 0 Å². The summed E-state index contributed by atoms with van der Waals surface area (Å²) in [6.45, 7) is 3.59. The molecule has 1 aliphatic heterocycles. The molecule has 2 unspecified atom stereocenters. The van der Waals surface area contributed by atoms with E-state index >= 15 is 0 Å². The number of hydrogen-bond donors (Lipinski definition) is 2. The number of benzene rings is 2. The zero-order chi connectivity index (χ0) is 25.1. The molecule has 4 rings (SSSR count). The van der Waals surface area contributed by atoms with Crippen molar-refractivity contribution in [2.24, 2.45) is 5.92 Å². The summed E-state index contributed by atoms with van der Waals surface area (Å²) in [5, 5.41) is 11.8. The van der Waals surface area contributed by atoms with E-state index in [1.165, 1.54) is 16.7 Å². The number of carbonyl (C=O) groups excluding carboxylic acids is 3. The van der Waals surface area contributed by atoms with Crippen LogP contribution in [-0.2, 0) is 19.1 Å². The molecule has 9 heteroatoms. The first-order chi connectivity index (χ1) is 16.8. The number of amides is 3. The summed E-state index contributed by atoms with van der Waals surface area (Å²) in [7, 11) is 0. The Labute approximate surface area is 203 Å². The Hall–Kier alpha value is -3.88. The molecule has 2 aromatic rings. The molecule has 0 radical (unpaired) electrons. The highest BCUT2D eigenvalue weighted by Crippen LogP contribution is 2.44. The van der Waals surface area contributed by atoms with Crippen molar-refractivity contribution < 1.29 is 29.0 Å². The van der Waals surface area contributed by atoms with Crippen LogP contribution in [0.25, 0.3) is 11.1 Å². The van der Waals surface area contributed by atoms with E-state index in [9.17, 15) is 19.2 Å². The lowest BCUT2D eigenvalue weighted by Gasteiger charge is -2.37. The molecule has 3 amide bonds. The Kier molecular flexibility index (Phi) is 7.04. The SMILES string of the molecule is CC(CNC(=O)OCC1c2ccccc2-c2ccccc21)C(=O)N1CCN(C(C)C(=O)O)C(=O)C1. The molecule has 0 spiro atoms. The van der Waals surface area contributed by atoms with Crippen LogP contribution in [-0.4, -0.2) is 77.6 Å². The topological polar surface area (TPSA) is 116 Å². The van der Waals surface area contributed by atoms with Gasteiger partial charge in [0.15, 0.2) is 0 Å². The van der Waals surface area contributed by atoms with Crippen LogP contribution in [0.3, 0.4) is 0 Å². The van der Waals surface area contributed by atoms with Crippen LogP contribution in [0.5, 0.6) is 0 Å². The van der Waals surface area contributed by atoms with Crippen LogP contribution < -0.4 is 5.32 Å². The predicted molar refractivity (Wildman–Crippen MR) is 128 cm³/mol. The van der Waals surface area contributed by atoms with Gasteiger partial charge in [0, 0.05) is 25.6 Å². The molecular formula is C26H29N3O6. The minimum atomic E-state index is -1.08. The van der Waals surface area contributed by atoms with Gasteiger partial charge in [-0.05, 0) is 29.2 Å². The van der Waals surface area contributed by atoms with Crippen molar-refractivity contribution in [2.75, 3.05) is 32.8 Å². The summed E-state index contributed by atoms with van der Waals surface area (Å²) in [4.78, 5) is 51.3. The van der Waals surface area contributed by atoms with E-state index in [2.05, 4.69) is 17.4 Å². The van der Waals surface area contributed by atoms with Crippen molar-refractivity contribution in [3.05, 3.63) is 59.7 Å². The van der Waals surface area contributed by atoms with Gasteiger partial charge in [-0.3, -0.25) is 9.59 Å². The van der Waals surface area contributed by atoms with Crippen LogP contribution in [0.1, 0.15) is 30.9 Å². The molecule has 2 aromatic carbocycles. The molecule has 2 aliphatic rings. The van der Waals surface area contributed by atoms with E-state index in [-0.39, 0.29) is 44.6 Å². The maximum Gasteiger partial charge on any atom is 0.407 e. The lowest BCUT2D eigenvalue weighted by Crippen LogP contribution is -2.57. The first-order valence-electron chi connectivity index (χ1n) is 11.7. The molecular weight excluding hydrogens is 450 g/mol. The van der Waals surface area contributed by atoms with Crippen LogP contribution in [0, 0.1) is 5.92 Å². The molecule has 0 aromatic heterocycles. The van der Waals surface area contributed by atoms with Gasteiger partial charge in [-0.2, -0.15) is 0 Å². The number of piperazine rings is 1. The normalized spacial score (nSPS) is 16.8. The Balaban J connectivity index is 1.27. The average Bonchev–Trinajstić information content (AvgIpc) is 3.18. The van der Waals surface area contributed by atoms with Crippen molar-refractivity contribution >= 4 is 23.9 Å². The summed E-state index contributed by atoms with van der Waals surface area (Å²) in [5.74, 6) is -2.38. The highest BCUT2D eigenvalue weighted by molar-refractivity contribution is 5.89. The second-order valence-electron chi connectivity index (χ2n) is 8.97. The lowest BCUT2D eigenvalue weighted by molar-refractivity contribution is -0.155. The van der Waals surface area contributed by atoms with E-state index < -0.39 is 29.9 Å². The summed E-state index contributed by atoms with van der Waals surface area (Å²) in [5.41, 5.74) is 4.52. The van der Waals surface area contributed by atoms with Crippen LogP contribution >= 0.6 is 0 Å². The maximum absolute atomic E-state index is 12.8. The van der Waals surface area contributed by atoms with Gasteiger partial charge in [0.1, 0.15) is 12.6 Å². The van der Waals surface area contributed by atoms with Crippen molar-refractivity contribution in [1.82, 2.24) is 15.1 Å². The number of alkyl carbamates (subject to hydrolysis) is 1. The maximum atomic E-state index is 12.8. The summed E-state index contributed by atoms with van der Waals surface area (Å²) < 4.78 is 5.50. The van der Waals surface area contributed by atoms with E-state index in [4.69, 9.17) is 9.84 Å². The Bertz CT molecular complexity index is 1100. The Morgan fingerprint density at radius 1 is 1.03 bits per heavy atom. The van der Waals surface area contributed by atoms with Crippen LogP contribution in [0.4, 0.5) is 4.79 Å². The third kappa shape index (κ3) is 4.99. The first kappa shape index (κ1) is 24.3.